The van der Waals surface area contributed by atoms with E-state index in [4.69, 9.17) is 10.2 Å². The minimum atomic E-state index is -1.45. The molecule has 0 radical (unpaired) electrons. The van der Waals surface area contributed by atoms with Crippen molar-refractivity contribution in [3.63, 3.8) is 0 Å². The first kappa shape index (κ1) is 15.5. The quantitative estimate of drug-likeness (QED) is 0.634. The number of fused-ring (bicyclic) bond motifs is 2. The second-order valence-corrected chi connectivity index (χ2v) is 5.62. The summed E-state index contributed by atoms with van der Waals surface area (Å²) in [6.45, 7) is 1.76. The van der Waals surface area contributed by atoms with Crippen LogP contribution < -0.4 is 5.43 Å². The number of carbonyl (C=O) groups excluding carboxylic acids is 1. The molecule has 0 bridgehead atoms. The molecule has 3 heterocycles. The Bertz CT molecular complexity index is 726. The topological polar surface area (TPSA) is 123 Å². The molecule has 9 heteroatoms. The lowest BCUT2D eigenvalue weighted by Crippen LogP contribution is -2.61. The first-order valence-corrected chi connectivity index (χ1v) is 7.31. The summed E-state index contributed by atoms with van der Waals surface area (Å²) >= 11 is 0. The average molecular weight is 323 g/mol. The lowest BCUT2D eigenvalue weighted by molar-refractivity contribution is -0.0158. The number of aromatic carboxylic acids is 1. The van der Waals surface area contributed by atoms with E-state index in [9.17, 15) is 19.5 Å². The van der Waals surface area contributed by atoms with E-state index in [-0.39, 0.29) is 25.0 Å². The molecule has 3 N–H and O–H groups in total. The molecule has 3 rings (SSSR count). The summed E-state index contributed by atoms with van der Waals surface area (Å²) < 4.78 is 1.32. The van der Waals surface area contributed by atoms with Crippen LogP contribution in [0.3, 0.4) is 0 Å². The van der Waals surface area contributed by atoms with Crippen molar-refractivity contribution < 1.29 is 24.9 Å². The highest BCUT2D eigenvalue weighted by atomic mass is 16.4. The van der Waals surface area contributed by atoms with Gasteiger partial charge in [0.2, 0.25) is 5.43 Å². The predicted octanol–water partition coefficient (Wildman–Crippen LogP) is -1.27. The normalized spacial score (nSPS) is 21.0. The second-order valence-electron chi connectivity index (χ2n) is 5.62. The van der Waals surface area contributed by atoms with Crippen LogP contribution in [0, 0.1) is 0 Å². The number of pyridine rings is 1. The van der Waals surface area contributed by atoms with Crippen molar-refractivity contribution in [1.82, 2.24) is 14.4 Å². The van der Waals surface area contributed by atoms with Crippen LogP contribution >= 0.6 is 0 Å². The molecule has 1 aromatic rings. The summed E-state index contributed by atoms with van der Waals surface area (Å²) in [5, 5.41) is 28.2. The zero-order valence-corrected chi connectivity index (χ0v) is 12.3. The van der Waals surface area contributed by atoms with Gasteiger partial charge in [-0.05, 0) is 6.42 Å². The van der Waals surface area contributed by atoms with Gasteiger partial charge in [0.1, 0.15) is 11.7 Å². The zero-order chi connectivity index (χ0) is 16.7. The van der Waals surface area contributed by atoms with Crippen molar-refractivity contribution in [3.8, 4) is 5.75 Å². The van der Waals surface area contributed by atoms with E-state index in [1.165, 1.54) is 4.57 Å². The SMILES string of the molecule is O=C(O)c1cn2c(c(O)c1=O)C(=O)N1CCCN(CCO)C1C2. The molecule has 0 spiro atoms. The Morgan fingerprint density at radius 1 is 1.30 bits per heavy atom. The van der Waals surface area contributed by atoms with Crippen LogP contribution in [0.1, 0.15) is 27.3 Å². The smallest absolute Gasteiger partial charge is 0.341 e. The number of carbonyl (C=O) groups is 2. The van der Waals surface area contributed by atoms with E-state index in [0.717, 1.165) is 12.6 Å². The Hall–Kier alpha value is -2.39. The van der Waals surface area contributed by atoms with Crippen molar-refractivity contribution in [3.05, 3.63) is 27.7 Å². The number of aliphatic hydroxyl groups excluding tert-OH is 1. The van der Waals surface area contributed by atoms with E-state index in [1.807, 2.05) is 4.90 Å². The van der Waals surface area contributed by atoms with Gasteiger partial charge >= 0.3 is 5.97 Å². The maximum absolute atomic E-state index is 12.6. The van der Waals surface area contributed by atoms with Crippen LogP contribution in [0.4, 0.5) is 0 Å². The van der Waals surface area contributed by atoms with Crippen LogP contribution in [0.5, 0.6) is 5.75 Å². The fourth-order valence-corrected chi connectivity index (χ4v) is 3.26. The number of carboxylic acid groups (broad SMARTS) is 1. The van der Waals surface area contributed by atoms with E-state index in [1.54, 1.807) is 4.90 Å². The Labute approximate surface area is 131 Å². The first-order valence-electron chi connectivity index (χ1n) is 7.31. The van der Waals surface area contributed by atoms with Crippen LogP contribution in [-0.4, -0.2) is 74.0 Å². The molecule has 0 saturated carbocycles. The van der Waals surface area contributed by atoms with Gasteiger partial charge in [-0.2, -0.15) is 0 Å². The van der Waals surface area contributed by atoms with E-state index in [0.29, 0.717) is 19.6 Å². The number of aromatic nitrogens is 1. The molecule has 1 atom stereocenters. The summed E-state index contributed by atoms with van der Waals surface area (Å²) in [5.41, 5.74) is -1.81. The van der Waals surface area contributed by atoms with Gasteiger partial charge in [-0.1, -0.05) is 0 Å². The molecule has 1 fully saturated rings. The molecule has 0 aromatic carbocycles. The fraction of sp³-hybridized carbons (Fsp3) is 0.500. The Kier molecular flexibility index (Phi) is 3.82. The third kappa shape index (κ3) is 2.37. The summed E-state index contributed by atoms with van der Waals surface area (Å²) in [7, 11) is 0. The number of hydrogen-bond acceptors (Lipinski definition) is 6. The standard InChI is InChI=1S/C14H17N3O6/c18-5-4-15-2-1-3-17-9(15)7-16-6-8(14(22)23)11(19)12(20)10(16)13(17)21/h6,9,18,20H,1-5,7H2,(H,22,23). The molecule has 23 heavy (non-hydrogen) atoms. The monoisotopic (exact) mass is 323 g/mol. The minimum Gasteiger partial charge on any atom is -0.503 e. The summed E-state index contributed by atoms with van der Waals surface area (Å²) in [6.07, 6.45) is 1.49. The van der Waals surface area contributed by atoms with Crippen molar-refractivity contribution in [2.75, 3.05) is 26.2 Å². The number of carboxylic acids is 1. The van der Waals surface area contributed by atoms with E-state index in [2.05, 4.69) is 0 Å². The highest BCUT2D eigenvalue weighted by Gasteiger charge is 2.40. The molecule has 9 nitrogen and oxygen atoms in total. The third-order valence-electron chi connectivity index (χ3n) is 4.32. The average Bonchev–Trinajstić information content (AvgIpc) is 2.51. The molecule has 2 aliphatic heterocycles. The zero-order valence-electron chi connectivity index (χ0n) is 12.3. The van der Waals surface area contributed by atoms with Crippen molar-refractivity contribution in [1.29, 1.82) is 0 Å². The Morgan fingerprint density at radius 2 is 2.04 bits per heavy atom. The van der Waals surface area contributed by atoms with Gasteiger partial charge in [0, 0.05) is 25.8 Å². The lowest BCUT2D eigenvalue weighted by atomic mass is 10.1. The molecule has 0 aliphatic carbocycles. The third-order valence-corrected chi connectivity index (χ3v) is 4.32. The van der Waals surface area contributed by atoms with Gasteiger partial charge in [-0.25, -0.2) is 4.79 Å². The Balaban J connectivity index is 2.10. The van der Waals surface area contributed by atoms with Crippen molar-refractivity contribution >= 4 is 11.9 Å². The molecule has 124 valence electrons. The van der Waals surface area contributed by atoms with Crippen LogP contribution in [-0.2, 0) is 6.54 Å². The summed E-state index contributed by atoms with van der Waals surface area (Å²) in [5.74, 6) is -2.78. The number of amides is 1. The Morgan fingerprint density at radius 3 is 2.70 bits per heavy atom. The van der Waals surface area contributed by atoms with Crippen LogP contribution in [0.2, 0.25) is 0 Å². The summed E-state index contributed by atoms with van der Waals surface area (Å²) in [6, 6.07) is 0. The number of hydrogen-bond donors (Lipinski definition) is 3. The van der Waals surface area contributed by atoms with Crippen molar-refractivity contribution in [2.45, 2.75) is 19.1 Å². The number of aliphatic hydroxyl groups is 1. The highest BCUT2D eigenvalue weighted by molar-refractivity contribution is 5.97. The lowest BCUT2D eigenvalue weighted by Gasteiger charge is -2.47. The molecular weight excluding hydrogens is 306 g/mol. The van der Waals surface area contributed by atoms with Gasteiger partial charge in [-0.3, -0.25) is 14.5 Å². The molecule has 2 aliphatic rings. The van der Waals surface area contributed by atoms with Gasteiger partial charge in [0.25, 0.3) is 5.91 Å². The molecule has 1 unspecified atom stereocenters. The van der Waals surface area contributed by atoms with Gasteiger partial charge < -0.3 is 24.8 Å². The number of aromatic hydroxyl groups is 1. The molecule has 1 saturated heterocycles. The number of β-amino-alcohol motifs (C(OH)–C–C–N with tert-alkyl or cyclic N) is 1. The predicted molar refractivity (Wildman–Crippen MR) is 77.4 cm³/mol. The number of rotatable bonds is 3. The molecular formula is C14H17N3O6. The van der Waals surface area contributed by atoms with Crippen molar-refractivity contribution in [2.24, 2.45) is 0 Å². The largest absolute Gasteiger partial charge is 0.503 e. The minimum absolute atomic E-state index is 0.0544. The van der Waals surface area contributed by atoms with E-state index >= 15 is 0 Å². The number of nitrogens with zero attached hydrogens (tertiary/aromatic N) is 3. The maximum atomic E-state index is 12.6. The van der Waals surface area contributed by atoms with Gasteiger partial charge in [-0.15, -0.1) is 0 Å². The second kappa shape index (κ2) is 5.67. The first-order chi connectivity index (χ1) is 11.0. The maximum Gasteiger partial charge on any atom is 0.341 e. The molecule has 1 amide bonds. The molecule has 1 aromatic heterocycles. The van der Waals surface area contributed by atoms with Crippen LogP contribution in [0.15, 0.2) is 11.0 Å². The van der Waals surface area contributed by atoms with Crippen LogP contribution in [0.25, 0.3) is 0 Å². The van der Waals surface area contributed by atoms with Gasteiger partial charge in [0.05, 0.1) is 13.2 Å². The fourth-order valence-electron chi connectivity index (χ4n) is 3.26. The van der Waals surface area contributed by atoms with E-state index < -0.39 is 28.6 Å². The highest BCUT2D eigenvalue weighted by Crippen LogP contribution is 2.27. The van der Waals surface area contributed by atoms with Gasteiger partial charge in [0.15, 0.2) is 11.4 Å². The summed E-state index contributed by atoms with van der Waals surface area (Å²) in [4.78, 5) is 39.1.